The van der Waals surface area contributed by atoms with Crippen LogP contribution in [0.25, 0.3) is 0 Å². The van der Waals surface area contributed by atoms with E-state index in [9.17, 15) is 9.18 Å². The Bertz CT molecular complexity index is 666. The number of rotatable bonds is 2. The van der Waals surface area contributed by atoms with E-state index in [1.165, 1.54) is 17.2 Å². The normalized spacial score (nSPS) is 14.0. The monoisotopic (exact) mass is 269 g/mol. The summed E-state index contributed by atoms with van der Waals surface area (Å²) in [6.45, 7) is 2.87. The van der Waals surface area contributed by atoms with Gasteiger partial charge >= 0.3 is 0 Å². The summed E-state index contributed by atoms with van der Waals surface area (Å²) in [5, 5.41) is 0. The van der Waals surface area contributed by atoms with Crippen LogP contribution in [-0.2, 0) is 6.42 Å². The maximum Gasteiger partial charge on any atom is 0.155 e. The van der Waals surface area contributed by atoms with E-state index < -0.39 is 5.82 Å². The number of aryl methyl sites for hydroxylation is 2. The van der Waals surface area contributed by atoms with Gasteiger partial charge in [-0.05, 0) is 43.5 Å². The molecule has 0 amide bonds. The third-order valence-electron chi connectivity index (χ3n) is 3.79. The molecule has 3 heteroatoms. The van der Waals surface area contributed by atoms with Gasteiger partial charge in [0, 0.05) is 12.2 Å². The minimum atomic E-state index is -0.461. The first-order valence-corrected chi connectivity index (χ1v) is 6.81. The molecule has 0 radical (unpaired) electrons. The van der Waals surface area contributed by atoms with E-state index >= 15 is 0 Å². The molecule has 1 aliphatic rings. The lowest BCUT2D eigenvalue weighted by Crippen LogP contribution is -2.25. The molecule has 2 nitrogen and oxygen atoms in total. The van der Waals surface area contributed by atoms with Gasteiger partial charge < -0.3 is 4.90 Å². The summed E-state index contributed by atoms with van der Waals surface area (Å²) in [4.78, 5) is 13.2. The van der Waals surface area contributed by atoms with Crippen LogP contribution >= 0.6 is 0 Å². The molecule has 0 atom stereocenters. The van der Waals surface area contributed by atoms with Gasteiger partial charge in [-0.15, -0.1) is 0 Å². The number of aldehydes is 1. The zero-order valence-corrected chi connectivity index (χ0v) is 11.4. The van der Waals surface area contributed by atoms with E-state index in [0.717, 1.165) is 25.1 Å². The molecule has 1 heterocycles. The second-order valence-electron chi connectivity index (χ2n) is 5.18. The van der Waals surface area contributed by atoms with Crippen molar-refractivity contribution < 1.29 is 9.18 Å². The van der Waals surface area contributed by atoms with Gasteiger partial charge in [-0.2, -0.15) is 0 Å². The topological polar surface area (TPSA) is 20.3 Å². The number of benzene rings is 2. The Balaban J connectivity index is 2.14. The van der Waals surface area contributed by atoms with Crippen LogP contribution in [0.4, 0.5) is 15.8 Å². The van der Waals surface area contributed by atoms with E-state index in [1.54, 1.807) is 6.07 Å². The third kappa shape index (κ3) is 2.09. The highest BCUT2D eigenvalue weighted by Crippen LogP contribution is 2.35. The highest BCUT2D eigenvalue weighted by molar-refractivity contribution is 5.87. The minimum absolute atomic E-state index is 0.140. The summed E-state index contributed by atoms with van der Waals surface area (Å²) in [6.07, 6.45) is 2.64. The van der Waals surface area contributed by atoms with E-state index in [2.05, 4.69) is 25.1 Å². The lowest BCUT2D eigenvalue weighted by atomic mass is 9.98. The molecule has 0 N–H and O–H groups in total. The number of nitrogens with zero attached hydrogens (tertiary/aromatic N) is 1. The van der Waals surface area contributed by atoms with Crippen LogP contribution in [0.1, 0.15) is 27.9 Å². The first kappa shape index (κ1) is 12.9. The second kappa shape index (κ2) is 5.08. The lowest BCUT2D eigenvalue weighted by molar-refractivity contribution is 0.112. The van der Waals surface area contributed by atoms with Crippen molar-refractivity contribution in [2.24, 2.45) is 0 Å². The van der Waals surface area contributed by atoms with Gasteiger partial charge in [-0.3, -0.25) is 4.79 Å². The molecule has 102 valence electrons. The Kier molecular flexibility index (Phi) is 3.26. The predicted octanol–water partition coefficient (Wildman–Crippen LogP) is 4.03. The highest BCUT2D eigenvalue weighted by atomic mass is 19.1. The van der Waals surface area contributed by atoms with Crippen molar-refractivity contribution >= 4 is 17.7 Å². The summed E-state index contributed by atoms with van der Waals surface area (Å²) in [6, 6.07) is 11.1. The van der Waals surface area contributed by atoms with Gasteiger partial charge in [0.05, 0.1) is 11.3 Å². The molecule has 0 bridgehead atoms. The maximum absolute atomic E-state index is 13.8. The van der Waals surface area contributed by atoms with Crippen molar-refractivity contribution in [2.45, 2.75) is 19.8 Å². The molecule has 20 heavy (non-hydrogen) atoms. The predicted molar refractivity (Wildman–Crippen MR) is 78.3 cm³/mol. The number of fused-ring (bicyclic) bond motifs is 1. The van der Waals surface area contributed by atoms with E-state index in [1.807, 2.05) is 11.0 Å². The molecule has 0 saturated carbocycles. The summed E-state index contributed by atoms with van der Waals surface area (Å²) in [7, 11) is 0. The van der Waals surface area contributed by atoms with Crippen LogP contribution in [0.2, 0.25) is 0 Å². The van der Waals surface area contributed by atoms with Crippen molar-refractivity contribution in [2.75, 3.05) is 11.4 Å². The van der Waals surface area contributed by atoms with Gasteiger partial charge in [0.25, 0.3) is 0 Å². The number of carbonyl (C=O) groups excluding carboxylic acids is 1. The van der Waals surface area contributed by atoms with Crippen LogP contribution < -0.4 is 4.90 Å². The molecule has 0 fully saturated rings. The second-order valence-corrected chi connectivity index (χ2v) is 5.18. The standard InChI is InChI=1S/C17H16FNO/c1-12-7-8-16-13(10-12)4-3-9-19(16)17-6-2-5-15(18)14(17)11-20/h2,5-8,10-11H,3-4,9H2,1H3. The van der Waals surface area contributed by atoms with Crippen molar-refractivity contribution in [1.82, 2.24) is 0 Å². The Morgan fingerprint density at radius 1 is 1.20 bits per heavy atom. The van der Waals surface area contributed by atoms with E-state index in [-0.39, 0.29) is 5.56 Å². The summed E-state index contributed by atoms with van der Waals surface area (Å²) < 4.78 is 13.8. The van der Waals surface area contributed by atoms with Crippen molar-refractivity contribution in [3.8, 4) is 0 Å². The molecule has 0 aromatic heterocycles. The van der Waals surface area contributed by atoms with Crippen LogP contribution in [0.5, 0.6) is 0 Å². The number of halogens is 1. The van der Waals surface area contributed by atoms with Crippen molar-refractivity contribution in [3.05, 3.63) is 58.9 Å². The summed E-state index contributed by atoms with van der Waals surface area (Å²) in [5.74, 6) is -0.461. The van der Waals surface area contributed by atoms with Gasteiger partial charge in [-0.25, -0.2) is 4.39 Å². The molecule has 0 spiro atoms. The molecule has 3 rings (SSSR count). The molecule has 2 aromatic rings. The number of hydrogen-bond acceptors (Lipinski definition) is 2. The Hall–Kier alpha value is -2.16. The number of anilines is 2. The first-order chi connectivity index (χ1) is 9.70. The van der Waals surface area contributed by atoms with Crippen LogP contribution in [0.3, 0.4) is 0 Å². The fourth-order valence-corrected chi connectivity index (χ4v) is 2.85. The molecule has 0 saturated heterocycles. The molecule has 1 aliphatic heterocycles. The molecular weight excluding hydrogens is 253 g/mol. The zero-order valence-electron chi connectivity index (χ0n) is 11.4. The molecular formula is C17H16FNO. The SMILES string of the molecule is Cc1ccc2c(c1)CCCN2c1cccc(F)c1C=O. The Labute approximate surface area is 117 Å². The third-order valence-corrected chi connectivity index (χ3v) is 3.79. The molecule has 0 aliphatic carbocycles. The van der Waals surface area contributed by atoms with Crippen LogP contribution in [-0.4, -0.2) is 12.8 Å². The van der Waals surface area contributed by atoms with Gasteiger partial charge in [0.1, 0.15) is 5.82 Å². The highest BCUT2D eigenvalue weighted by Gasteiger charge is 2.21. The number of carbonyl (C=O) groups is 1. The maximum atomic E-state index is 13.8. The quantitative estimate of drug-likeness (QED) is 0.767. The largest absolute Gasteiger partial charge is 0.341 e. The average Bonchev–Trinajstić information content (AvgIpc) is 2.46. The van der Waals surface area contributed by atoms with Gasteiger partial charge in [0.15, 0.2) is 6.29 Å². The van der Waals surface area contributed by atoms with Gasteiger partial charge in [0.2, 0.25) is 0 Å². The summed E-state index contributed by atoms with van der Waals surface area (Å²) in [5.41, 5.74) is 4.36. The van der Waals surface area contributed by atoms with E-state index in [4.69, 9.17) is 0 Å². The smallest absolute Gasteiger partial charge is 0.155 e. The Morgan fingerprint density at radius 3 is 2.85 bits per heavy atom. The van der Waals surface area contributed by atoms with Crippen LogP contribution in [0, 0.1) is 12.7 Å². The fourth-order valence-electron chi connectivity index (χ4n) is 2.85. The van der Waals surface area contributed by atoms with Crippen molar-refractivity contribution in [3.63, 3.8) is 0 Å². The zero-order chi connectivity index (χ0) is 14.1. The molecule has 0 unspecified atom stereocenters. The number of hydrogen-bond donors (Lipinski definition) is 0. The lowest BCUT2D eigenvalue weighted by Gasteiger charge is -2.32. The van der Waals surface area contributed by atoms with Crippen molar-refractivity contribution in [1.29, 1.82) is 0 Å². The van der Waals surface area contributed by atoms with Crippen LogP contribution in [0.15, 0.2) is 36.4 Å². The minimum Gasteiger partial charge on any atom is -0.341 e. The van der Waals surface area contributed by atoms with E-state index in [0.29, 0.717) is 12.0 Å². The fraction of sp³-hybridized carbons (Fsp3) is 0.235. The molecule has 2 aromatic carbocycles. The first-order valence-electron chi connectivity index (χ1n) is 6.81. The summed E-state index contributed by atoms with van der Waals surface area (Å²) >= 11 is 0. The Morgan fingerprint density at radius 2 is 2.05 bits per heavy atom. The average molecular weight is 269 g/mol. The van der Waals surface area contributed by atoms with Gasteiger partial charge in [-0.1, -0.05) is 23.8 Å².